The highest BCUT2D eigenvalue weighted by atomic mass is 127. The van der Waals surface area contributed by atoms with Gasteiger partial charge in [0.25, 0.3) is 0 Å². The van der Waals surface area contributed by atoms with Crippen molar-refractivity contribution in [3.63, 3.8) is 0 Å². The molecule has 2 fully saturated rings. The topological polar surface area (TPSA) is 15.8 Å². The lowest BCUT2D eigenvalue weighted by Crippen LogP contribution is -2.46. The normalized spacial score (nSPS) is 46.5. The summed E-state index contributed by atoms with van der Waals surface area (Å²) in [5.41, 5.74) is 0. The minimum absolute atomic E-state index is 0.111. The molecule has 2 saturated heterocycles. The van der Waals surface area contributed by atoms with E-state index in [9.17, 15) is 0 Å². The molecule has 12 heavy (non-hydrogen) atoms. The van der Waals surface area contributed by atoms with Gasteiger partial charge in [-0.2, -0.15) is 0 Å². The summed E-state index contributed by atoms with van der Waals surface area (Å²) < 4.78 is 5.97. The Bertz CT molecular complexity index is 205. The number of ether oxygens (including phenoxy) is 1. The highest BCUT2D eigenvalue weighted by Crippen LogP contribution is 2.52. The summed E-state index contributed by atoms with van der Waals surface area (Å²) in [6.07, 6.45) is 0. The van der Waals surface area contributed by atoms with E-state index in [1.807, 2.05) is 11.8 Å². The Hall–Kier alpha value is 1.00. The summed E-state index contributed by atoms with van der Waals surface area (Å²) >= 11 is 4.48. The Morgan fingerprint density at radius 2 is 2.17 bits per heavy atom. The standard InChI is InChI=1S/C8H14INOS/c1-7(2)6(8(9)4-11-8)10(3)5-12-7/h6H,4-5H2,1-3H3/t6-,8?/m0/s1. The molecule has 2 atom stereocenters. The van der Waals surface area contributed by atoms with E-state index in [0.717, 1.165) is 12.5 Å². The number of alkyl halides is 1. The number of likely N-dealkylation sites (N-methyl/N-ethyl adjacent to an activating group) is 1. The van der Waals surface area contributed by atoms with Crippen molar-refractivity contribution in [3.8, 4) is 0 Å². The summed E-state index contributed by atoms with van der Waals surface area (Å²) in [4.78, 5) is 2.41. The lowest BCUT2D eigenvalue weighted by molar-refractivity contribution is 0.201. The molecule has 4 heteroatoms. The van der Waals surface area contributed by atoms with Crippen LogP contribution in [-0.4, -0.2) is 38.8 Å². The van der Waals surface area contributed by atoms with Crippen LogP contribution in [-0.2, 0) is 4.74 Å². The summed E-state index contributed by atoms with van der Waals surface area (Å²) in [5, 5.41) is 0. The van der Waals surface area contributed by atoms with E-state index in [-0.39, 0.29) is 3.61 Å². The average molecular weight is 299 g/mol. The summed E-state index contributed by atoms with van der Waals surface area (Å²) in [6, 6.07) is 0.565. The van der Waals surface area contributed by atoms with Gasteiger partial charge in [-0.15, -0.1) is 11.8 Å². The van der Waals surface area contributed by atoms with Crippen molar-refractivity contribution in [2.45, 2.75) is 28.2 Å². The maximum absolute atomic E-state index is 5.52. The predicted molar refractivity (Wildman–Crippen MR) is 60.8 cm³/mol. The number of hydrogen-bond acceptors (Lipinski definition) is 3. The van der Waals surface area contributed by atoms with Gasteiger partial charge in [-0.1, -0.05) is 0 Å². The van der Waals surface area contributed by atoms with Crippen molar-refractivity contribution in [1.29, 1.82) is 0 Å². The van der Waals surface area contributed by atoms with Crippen LogP contribution in [0.4, 0.5) is 0 Å². The van der Waals surface area contributed by atoms with Crippen molar-refractivity contribution in [1.82, 2.24) is 4.90 Å². The molecule has 0 saturated carbocycles. The second-order valence-electron chi connectivity index (χ2n) is 4.11. The minimum Gasteiger partial charge on any atom is -0.357 e. The third kappa shape index (κ3) is 1.40. The summed E-state index contributed by atoms with van der Waals surface area (Å²) in [5.74, 6) is 1.13. The summed E-state index contributed by atoms with van der Waals surface area (Å²) in [7, 11) is 2.19. The SMILES string of the molecule is CN1CSC(C)(C)[C@H]1C1(I)CO1. The van der Waals surface area contributed by atoms with Crippen molar-refractivity contribution < 1.29 is 4.74 Å². The molecule has 2 aliphatic rings. The number of thioether (sulfide) groups is 1. The van der Waals surface area contributed by atoms with Crippen molar-refractivity contribution >= 4 is 34.4 Å². The van der Waals surface area contributed by atoms with Crippen LogP contribution in [0.5, 0.6) is 0 Å². The Kier molecular flexibility index (Phi) is 2.18. The molecule has 0 spiro atoms. The zero-order valence-corrected chi connectivity index (χ0v) is 10.6. The maximum atomic E-state index is 5.52. The fourth-order valence-corrected chi connectivity index (χ4v) is 4.86. The van der Waals surface area contributed by atoms with Crippen molar-refractivity contribution in [3.05, 3.63) is 0 Å². The lowest BCUT2D eigenvalue weighted by atomic mass is 9.99. The van der Waals surface area contributed by atoms with Gasteiger partial charge in [0.05, 0.1) is 12.6 Å². The van der Waals surface area contributed by atoms with Gasteiger partial charge in [0, 0.05) is 10.6 Å². The Balaban J connectivity index is 2.20. The molecule has 2 heterocycles. The molecular formula is C8H14INOS. The van der Waals surface area contributed by atoms with Crippen LogP contribution in [0.2, 0.25) is 0 Å². The largest absolute Gasteiger partial charge is 0.357 e. The molecule has 2 rings (SSSR count). The Morgan fingerprint density at radius 3 is 2.50 bits per heavy atom. The molecular weight excluding hydrogens is 285 g/mol. The molecule has 0 amide bonds. The van der Waals surface area contributed by atoms with E-state index >= 15 is 0 Å². The van der Waals surface area contributed by atoms with E-state index in [1.165, 1.54) is 0 Å². The monoisotopic (exact) mass is 299 g/mol. The van der Waals surface area contributed by atoms with Gasteiger partial charge in [0.15, 0.2) is 3.61 Å². The van der Waals surface area contributed by atoms with Gasteiger partial charge >= 0.3 is 0 Å². The van der Waals surface area contributed by atoms with Crippen LogP contribution >= 0.6 is 34.4 Å². The van der Waals surface area contributed by atoms with E-state index in [1.54, 1.807) is 0 Å². The van der Waals surface area contributed by atoms with E-state index in [0.29, 0.717) is 10.8 Å². The lowest BCUT2D eigenvalue weighted by Gasteiger charge is -2.31. The molecule has 70 valence electrons. The fraction of sp³-hybridized carbons (Fsp3) is 1.00. The van der Waals surface area contributed by atoms with E-state index < -0.39 is 0 Å². The molecule has 0 aromatic rings. The highest BCUT2D eigenvalue weighted by molar-refractivity contribution is 14.1. The van der Waals surface area contributed by atoms with Crippen molar-refractivity contribution in [2.24, 2.45) is 0 Å². The van der Waals surface area contributed by atoms with Crippen LogP contribution < -0.4 is 0 Å². The Labute approximate surface area is 91.5 Å². The number of rotatable bonds is 1. The van der Waals surface area contributed by atoms with Gasteiger partial charge in [0.1, 0.15) is 0 Å². The first-order valence-electron chi connectivity index (χ1n) is 4.13. The number of halogens is 1. The maximum Gasteiger partial charge on any atom is 0.159 e. The van der Waals surface area contributed by atoms with Gasteiger partial charge in [-0.05, 0) is 43.5 Å². The average Bonchev–Trinajstić information content (AvgIpc) is 2.57. The zero-order valence-electron chi connectivity index (χ0n) is 7.63. The third-order valence-corrected chi connectivity index (χ3v) is 5.28. The molecule has 0 aliphatic carbocycles. The molecule has 0 aromatic carbocycles. The van der Waals surface area contributed by atoms with Gasteiger partial charge in [-0.25, -0.2) is 0 Å². The number of epoxide rings is 1. The third-order valence-electron chi connectivity index (χ3n) is 2.57. The second kappa shape index (κ2) is 2.74. The van der Waals surface area contributed by atoms with E-state index in [2.05, 4.69) is 48.4 Å². The van der Waals surface area contributed by atoms with Crippen LogP contribution in [0, 0.1) is 0 Å². The predicted octanol–water partition coefficient (Wildman–Crippen LogP) is 1.93. The fourth-order valence-electron chi connectivity index (χ4n) is 2.03. The molecule has 2 nitrogen and oxygen atoms in total. The van der Waals surface area contributed by atoms with Crippen LogP contribution in [0.3, 0.4) is 0 Å². The second-order valence-corrected chi connectivity index (χ2v) is 7.54. The molecule has 0 aromatic heterocycles. The molecule has 2 aliphatic heterocycles. The van der Waals surface area contributed by atoms with Crippen molar-refractivity contribution in [2.75, 3.05) is 19.5 Å². The molecule has 0 radical (unpaired) electrons. The van der Waals surface area contributed by atoms with Gasteiger partial charge in [-0.3, -0.25) is 4.90 Å². The molecule has 1 unspecified atom stereocenters. The van der Waals surface area contributed by atoms with E-state index in [4.69, 9.17) is 4.74 Å². The van der Waals surface area contributed by atoms with Gasteiger partial charge in [0.2, 0.25) is 0 Å². The first-order valence-corrected chi connectivity index (χ1v) is 6.19. The summed E-state index contributed by atoms with van der Waals surface area (Å²) in [6.45, 7) is 5.55. The Morgan fingerprint density at radius 1 is 1.58 bits per heavy atom. The minimum atomic E-state index is 0.111. The molecule has 0 bridgehead atoms. The van der Waals surface area contributed by atoms with Crippen LogP contribution in [0.25, 0.3) is 0 Å². The van der Waals surface area contributed by atoms with Crippen LogP contribution in [0.1, 0.15) is 13.8 Å². The quantitative estimate of drug-likeness (QED) is 0.418. The highest BCUT2D eigenvalue weighted by Gasteiger charge is 2.59. The first-order chi connectivity index (χ1) is 5.46. The zero-order chi connectivity index (χ0) is 8.98. The van der Waals surface area contributed by atoms with Crippen LogP contribution in [0.15, 0.2) is 0 Å². The van der Waals surface area contributed by atoms with Gasteiger partial charge < -0.3 is 4.74 Å². The first kappa shape index (κ1) is 9.55. The smallest absolute Gasteiger partial charge is 0.159 e. The number of nitrogens with zero attached hydrogens (tertiary/aromatic N) is 1. The molecule has 0 N–H and O–H groups in total. The number of hydrogen-bond donors (Lipinski definition) is 0.